The van der Waals surface area contributed by atoms with Crippen LogP contribution in [0.15, 0.2) is 6.20 Å². The van der Waals surface area contributed by atoms with E-state index in [1.165, 1.54) is 31.2 Å². The Bertz CT molecular complexity index is 461. The summed E-state index contributed by atoms with van der Waals surface area (Å²) < 4.78 is 2.30. The lowest BCUT2D eigenvalue weighted by Crippen LogP contribution is -2.46. The zero-order valence-electron chi connectivity index (χ0n) is 13.5. The smallest absolute Gasteiger partial charge is 0.205 e. The molecule has 0 amide bonds. The standard InChI is InChI=1S/C16H29N5/c1-3-14-11-19(4-2)16(18-14)21-10-7-15(12-21)20-8-5-13(17)6-9-20/h11,13,15H,3-10,12,17H2,1-2H3. The van der Waals surface area contributed by atoms with Crippen LogP contribution in [0.4, 0.5) is 5.95 Å². The molecule has 2 fully saturated rings. The number of anilines is 1. The Labute approximate surface area is 128 Å². The van der Waals surface area contributed by atoms with Gasteiger partial charge in [0.15, 0.2) is 0 Å². The average Bonchev–Trinajstić information content (AvgIpc) is 3.14. The van der Waals surface area contributed by atoms with Gasteiger partial charge in [-0.05, 0) is 45.7 Å². The maximum atomic E-state index is 6.02. The molecule has 3 rings (SSSR count). The summed E-state index contributed by atoms with van der Waals surface area (Å²) in [5, 5.41) is 0. The molecule has 3 heterocycles. The number of likely N-dealkylation sites (tertiary alicyclic amines) is 1. The molecule has 1 aromatic rings. The summed E-state index contributed by atoms with van der Waals surface area (Å²) in [5.74, 6) is 1.17. The molecule has 5 nitrogen and oxygen atoms in total. The van der Waals surface area contributed by atoms with Crippen molar-refractivity contribution in [2.45, 2.75) is 58.2 Å². The molecule has 118 valence electrons. The normalized spacial score (nSPS) is 24.9. The summed E-state index contributed by atoms with van der Waals surface area (Å²) in [4.78, 5) is 9.94. The van der Waals surface area contributed by atoms with Gasteiger partial charge in [0, 0.05) is 37.9 Å². The summed E-state index contributed by atoms with van der Waals surface area (Å²) in [6.07, 6.45) is 6.79. The summed E-state index contributed by atoms with van der Waals surface area (Å²) in [6, 6.07) is 1.11. The molecule has 2 aliphatic heterocycles. The fraction of sp³-hybridized carbons (Fsp3) is 0.812. The number of aryl methyl sites for hydroxylation is 2. The van der Waals surface area contributed by atoms with Crippen molar-refractivity contribution in [2.24, 2.45) is 5.73 Å². The molecule has 1 atom stereocenters. The second-order valence-corrected chi connectivity index (χ2v) is 6.43. The van der Waals surface area contributed by atoms with E-state index in [0.717, 1.165) is 38.9 Å². The summed E-state index contributed by atoms with van der Waals surface area (Å²) >= 11 is 0. The van der Waals surface area contributed by atoms with E-state index in [-0.39, 0.29) is 0 Å². The van der Waals surface area contributed by atoms with E-state index in [9.17, 15) is 0 Å². The highest BCUT2D eigenvalue weighted by molar-refractivity contribution is 5.36. The Morgan fingerprint density at radius 3 is 2.62 bits per heavy atom. The molecule has 5 heteroatoms. The van der Waals surface area contributed by atoms with Gasteiger partial charge in [0.1, 0.15) is 0 Å². The lowest BCUT2D eigenvalue weighted by Gasteiger charge is -2.34. The quantitative estimate of drug-likeness (QED) is 0.912. The van der Waals surface area contributed by atoms with E-state index >= 15 is 0 Å². The Hall–Kier alpha value is -1.07. The van der Waals surface area contributed by atoms with Gasteiger partial charge in [-0.25, -0.2) is 4.98 Å². The Morgan fingerprint density at radius 1 is 1.19 bits per heavy atom. The van der Waals surface area contributed by atoms with Crippen LogP contribution >= 0.6 is 0 Å². The van der Waals surface area contributed by atoms with Crippen molar-refractivity contribution in [3.05, 3.63) is 11.9 Å². The van der Waals surface area contributed by atoms with Gasteiger partial charge in [0.2, 0.25) is 5.95 Å². The number of nitrogens with two attached hydrogens (primary N) is 1. The zero-order chi connectivity index (χ0) is 14.8. The third-order valence-corrected chi connectivity index (χ3v) is 5.05. The molecular weight excluding hydrogens is 262 g/mol. The molecule has 0 aromatic carbocycles. The van der Waals surface area contributed by atoms with Gasteiger partial charge in [0.25, 0.3) is 0 Å². The first-order valence-corrected chi connectivity index (χ1v) is 8.51. The SMILES string of the molecule is CCc1cn(CC)c(N2CCC(N3CCC(N)CC3)C2)n1. The minimum absolute atomic E-state index is 0.421. The Morgan fingerprint density at radius 2 is 1.95 bits per heavy atom. The Balaban J connectivity index is 1.65. The van der Waals surface area contributed by atoms with E-state index < -0.39 is 0 Å². The van der Waals surface area contributed by atoms with E-state index in [0.29, 0.717) is 12.1 Å². The zero-order valence-corrected chi connectivity index (χ0v) is 13.5. The third-order valence-electron chi connectivity index (χ3n) is 5.05. The van der Waals surface area contributed by atoms with Crippen molar-refractivity contribution >= 4 is 5.95 Å². The predicted octanol–water partition coefficient (Wildman–Crippen LogP) is 1.47. The van der Waals surface area contributed by atoms with Crippen LogP contribution in [0.25, 0.3) is 0 Å². The van der Waals surface area contributed by atoms with Crippen molar-refractivity contribution in [1.29, 1.82) is 0 Å². The molecule has 1 unspecified atom stereocenters. The molecule has 1 aromatic heterocycles. The van der Waals surface area contributed by atoms with Gasteiger partial charge in [-0.1, -0.05) is 6.92 Å². The molecular formula is C16H29N5. The monoisotopic (exact) mass is 291 g/mol. The van der Waals surface area contributed by atoms with Gasteiger partial charge in [0.05, 0.1) is 5.69 Å². The molecule has 0 spiro atoms. The molecule has 21 heavy (non-hydrogen) atoms. The lowest BCUT2D eigenvalue weighted by atomic mass is 10.0. The van der Waals surface area contributed by atoms with Crippen LogP contribution in [0.5, 0.6) is 0 Å². The number of nitrogens with zero attached hydrogens (tertiary/aromatic N) is 4. The number of aromatic nitrogens is 2. The molecule has 0 bridgehead atoms. The largest absolute Gasteiger partial charge is 0.341 e. The highest BCUT2D eigenvalue weighted by Gasteiger charge is 2.31. The van der Waals surface area contributed by atoms with Crippen molar-refractivity contribution in [1.82, 2.24) is 14.5 Å². The van der Waals surface area contributed by atoms with Crippen molar-refractivity contribution in [3.63, 3.8) is 0 Å². The third kappa shape index (κ3) is 3.09. The number of hydrogen-bond acceptors (Lipinski definition) is 4. The Kier molecular flexibility index (Phi) is 4.50. The predicted molar refractivity (Wildman–Crippen MR) is 86.7 cm³/mol. The van der Waals surface area contributed by atoms with E-state index in [2.05, 4.69) is 34.4 Å². The summed E-state index contributed by atoms with van der Waals surface area (Å²) in [7, 11) is 0. The lowest BCUT2D eigenvalue weighted by molar-refractivity contribution is 0.163. The van der Waals surface area contributed by atoms with Crippen LogP contribution in [-0.4, -0.2) is 52.7 Å². The number of piperidine rings is 1. The summed E-state index contributed by atoms with van der Waals surface area (Å²) in [5.41, 5.74) is 7.23. The number of rotatable bonds is 4. The fourth-order valence-corrected chi connectivity index (χ4v) is 3.62. The van der Waals surface area contributed by atoms with Crippen LogP contribution in [0.3, 0.4) is 0 Å². The fourth-order valence-electron chi connectivity index (χ4n) is 3.62. The van der Waals surface area contributed by atoms with Crippen LogP contribution < -0.4 is 10.6 Å². The summed E-state index contributed by atoms with van der Waals surface area (Å²) in [6.45, 7) is 9.97. The van der Waals surface area contributed by atoms with E-state index in [4.69, 9.17) is 10.7 Å². The average molecular weight is 291 g/mol. The second-order valence-electron chi connectivity index (χ2n) is 6.43. The molecule has 2 saturated heterocycles. The van der Waals surface area contributed by atoms with Crippen molar-refractivity contribution < 1.29 is 0 Å². The molecule has 0 saturated carbocycles. The van der Waals surface area contributed by atoms with Crippen LogP contribution in [0.1, 0.15) is 38.8 Å². The van der Waals surface area contributed by atoms with Crippen molar-refractivity contribution in [3.8, 4) is 0 Å². The topological polar surface area (TPSA) is 50.3 Å². The van der Waals surface area contributed by atoms with Crippen molar-refractivity contribution in [2.75, 3.05) is 31.1 Å². The molecule has 0 radical (unpaired) electrons. The number of hydrogen-bond donors (Lipinski definition) is 1. The molecule has 2 aliphatic rings. The minimum atomic E-state index is 0.421. The van der Waals surface area contributed by atoms with Gasteiger partial charge in [-0.3, -0.25) is 4.90 Å². The number of imidazole rings is 1. The first-order valence-electron chi connectivity index (χ1n) is 8.51. The highest BCUT2D eigenvalue weighted by Crippen LogP contribution is 2.25. The van der Waals surface area contributed by atoms with E-state index in [1.807, 2.05) is 0 Å². The maximum absolute atomic E-state index is 6.02. The van der Waals surface area contributed by atoms with Gasteiger partial charge < -0.3 is 15.2 Å². The van der Waals surface area contributed by atoms with Gasteiger partial charge >= 0.3 is 0 Å². The molecule has 2 N–H and O–H groups in total. The minimum Gasteiger partial charge on any atom is -0.341 e. The van der Waals surface area contributed by atoms with Gasteiger partial charge in [-0.2, -0.15) is 0 Å². The van der Waals surface area contributed by atoms with Crippen LogP contribution in [-0.2, 0) is 13.0 Å². The first-order chi connectivity index (χ1) is 10.2. The highest BCUT2D eigenvalue weighted by atomic mass is 15.3. The van der Waals surface area contributed by atoms with E-state index in [1.54, 1.807) is 0 Å². The molecule has 0 aliphatic carbocycles. The van der Waals surface area contributed by atoms with Gasteiger partial charge in [-0.15, -0.1) is 0 Å². The van der Waals surface area contributed by atoms with Crippen LogP contribution in [0.2, 0.25) is 0 Å². The first kappa shape index (κ1) is 14.9. The maximum Gasteiger partial charge on any atom is 0.205 e. The van der Waals surface area contributed by atoms with Crippen LogP contribution in [0, 0.1) is 0 Å². The second kappa shape index (κ2) is 6.36.